The minimum atomic E-state index is -1.98. The molecule has 0 saturated carbocycles. The number of para-hydroxylation sites is 2. The van der Waals surface area contributed by atoms with Crippen molar-refractivity contribution in [3.63, 3.8) is 0 Å². The number of ether oxygens (including phenoxy) is 10. The number of hydrogen-bond acceptors (Lipinski definition) is 22. The molecule has 0 aromatic heterocycles. The molecule has 62 heavy (non-hydrogen) atoms. The van der Waals surface area contributed by atoms with E-state index < -0.39 is 157 Å². The Kier molecular flexibility index (Phi) is 14.2. The fourth-order valence-corrected chi connectivity index (χ4v) is 7.23. The van der Waals surface area contributed by atoms with Crippen molar-refractivity contribution in [2.45, 2.75) is 88.0 Å². The second kappa shape index (κ2) is 19.4. The van der Waals surface area contributed by atoms with E-state index in [0.717, 1.165) is 44.4 Å². The molecular formula is C40H44O22. The van der Waals surface area contributed by atoms with Gasteiger partial charge in [0.1, 0.15) is 48.3 Å². The number of carbonyl (C=O) groups excluding carboxylic acids is 5. The van der Waals surface area contributed by atoms with E-state index >= 15 is 0 Å². The molecule has 22 heteroatoms. The summed E-state index contributed by atoms with van der Waals surface area (Å²) in [5.41, 5.74) is -0.988. The number of aliphatic hydroxyl groups is 4. The first-order chi connectivity index (χ1) is 29.5. The van der Waals surface area contributed by atoms with Crippen LogP contribution in [-0.4, -0.2) is 153 Å². The molecule has 0 spiro atoms. The van der Waals surface area contributed by atoms with E-state index in [9.17, 15) is 59.7 Å². The van der Waals surface area contributed by atoms with Gasteiger partial charge in [0.15, 0.2) is 41.3 Å². The van der Waals surface area contributed by atoms with E-state index in [-0.39, 0.29) is 12.2 Å². The number of benzene rings is 2. The van der Waals surface area contributed by atoms with Crippen LogP contribution in [0.25, 0.3) is 0 Å². The summed E-state index contributed by atoms with van der Waals surface area (Å²) in [5.74, 6) is -9.58. The fraction of sp³-hybridized carbons (Fsp3) is 0.475. The molecule has 6 rings (SSSR count). The highest BCUT2D eigenvalue weighted by atomic mass is 16.8. The van der Waals surface area contributed by atoms with Crippen LogP contribution in [0.1, 0.15) is 41.0 Å². The van der Waals surface area contributed by atoms with Crippen LogP contribution in [0.4, 0.5) is 0 Å². The lowest BCUT2D eigenvalue weighted by Gasteiger charge is -2.46. The van der Waals surface area contributed by atoms with Crippen LogP contribution in [0, 0.1) is 11.8 Å². The Labute approximate surface area is 351 Å². The molecule has 0 aliphatic carbocycles. The van der Waals surface area contributed by atoms with Crippen molar-refractivity contribution in [2.75, 3.05) is 19.8 Å². The fourth-order valence-electron chi connectivity index (χ4n) is 7.23. The van der Waals surface area contributed by atoms with Gasteiger partial charge in [0.25, 0.3) is 0 Å². The van der Waals surface area contributed by atoms with Gasteiger partial charge in [-0.2, -0.15) is 0 Å². The van der Waals surface area contributed by atoms with Crippen molar-refractivity contribution in [2.24, 2.45) is 11.8 Å². The van der Waals surface area contributed by atoms with E-state index in [4.69, 9.17) is 47.4 Å². The predicted molar refractivity (Wildman–Crippen MR) is 198 cm³/mol. The summed E-state index contributed by atoms with van der Waals surface area (Å²) >= 11 is 0. The number of phenolic OH excluding ortho intramolecular Hbond substituents is 3. The smallest absolute Gasteiger partial charge is 0.342 e. The summed E-state index contributed by atoms with van der Waals surface area (Å²) in [5, 5.41) is 72.3. The second-order valence-corrected chi connectivity index (χ2v) is 14.4. The minimum Gasteiger partial charge on any atom is -0.504 e. The van der Waals surface area contributed by atoms with Crippen molar-refractivity contribution in [3.8, 4) is 23.0 Å². The van der Waals surface area contributed by atoms with Crippen molar-refractivity contribution in [1.82, 2.24) is 0 Å². The number of fused-ring (bicyclic) bond motifs is 1. The number of aromatic hydroxyl groups is 3. The monoisotopic (exact) mass is 876 g/mol. The van der Waals surface area contributed by atoms with Gasteiger partial charge in [-0.05, 0) is 30.7 Å². The van der Waals surface area contributed by atoms with Gasteiger partial charge < -0.3 is 83.1 Å². The maximum atomic E-state index is 14.2. The highest BCUT2D eigenvalue weighted by Crippen LogP contribution is 2.41. The first-order valence-electron chi connectivity index (χ1n) is 19.0. The Morgan fingerprint density at radius 3 is 2.13 bits per heavy atom. The summed E-state index contributed by atoms with van der Waals surface area (Å²) in [6, 6.07) is 6.71. The van der Waals surface area contributed by atoms with Gasteiger partial charge in [-0.3, -0.25) is 9.59 Å². The van der Waals surface area contributed by atoms with Crippen molar-refractivity contribution in [3.05, 3.63) is 72.0 Å². The molecule has 0 bridgehead atoms. The summed E-state index contributed by atoms with van der Waals surface area (Å²) in [6.45, 7) is 4.34. The highest BCUT2D eigenvalue weighted by Gasteiger charge is 2.55. The Balaban J connectivity index is 1.39. The molecular weight excluding hydrogens is 832 g/mol. The largest absolute Gasteiger partial charge is 0.504 e. The predicted octanol–water partition coefficient (Wildman–Crippen LogP) is -0.425. The standard InChI is InChI=1S/C40H44O22/c1-4-18-19-11-12-53-35(50)22(19)14-55-38(18)62-40-34(60-36(51)20-7-5-9-23(44)27(20)46)33(56-17(3)43)32(26(58-40)15-54-16(2)42)59-37(52)21-8-6-10-24(45)31(21)61-39-30(49)29(48)28(47)25(13-41)57-39/h4-10,14,18-19,25-26,28-30,32-34,38-41,44-49H,1,11-13,15H2,2-3H3/t18-,19+,25-,26?,28-,29+,30-,32?,33?,34?,38?,39+,40?/m1/s1. The van der Waals surface area contributed by atoms with E-state index in [0.29, 0.717) is 6.42 Å². The molecule has 13 atom stereocenters. The molecule has 0 amide bonds. The Hall–Kier alpha value is -6.01. The number of rotatable bonds is 13. The number of hydrogen-bond donors (Lipinski definition) is 7. The quantitative estimate of drug-likeness (QED) is 0.0581. The van der Waals surface area contributed by atoms with Crippen LogP contribution >= 0.6 is 0 Å². The van der Waals surface area contributed by atoms with E-state index in [1.165, 1.54) is 18.2 Å². The molecule has 4 aliphatic heterocycles. The summed E-state index contributed by atoms with van der Waals surface area (Å²) in [7, 11) is 0. The van der Waals surface area contributed by atoms with Crippen molar-refractivity contribution in [1.29, 1.82) is 0 Å². The summed E-state index contributed by atoms with van der Waals surface area (Å²) in [4.78, 5) is 65.5. The third-order valence-electron chi connectivity index (χ3n) is 10.3. The maximum absolute atomic E-state index is 14.2. The van der Waals surface area contributed by atoms with Crippen LogP contribution in [0.3, 0.4) is 0 Å². The van der Waals surface area contributed by atoms with Gasteiger partial charge in [-0.25, -0.2) is 14.4 Å². The van der Waals surface area contributed by atoms with Gasteiger partial charge in [-0.15, -0.1) is 6.58 Å². The van der Waals surface area contributed by atoms with Gasteiger partial charge in [0, 0.05) is 25.7 Å². The molecule has 4 heterocycles. The molecule has 2 aromatic carbocycles. The lowest BCUT2D eigenvalue weighted by atomic mass is 9.81. The van der Waals surface area contributed by atoms with Crippen LogP contribution in [0.5, 0.6) is 23.0 Å². The highest BCUT2D eigenvalue weighted by molar-refractivity contribution is 5.94. The maximum Gasteiger partial charge on any atom is 0.342 e. The molecule has 0 radical (unpaired) electrons. The van der Waals surface area contributed by atoms with Gasteiger partial charge in [0.05, 0.1) is 25.0 Å². The first kappa shape index (κ1) is 45.5. The van der Waals surface area contributed by atoms with Crippen LogP contribution in [-0.2, 0) is 57.0 Å². The number of esters is 5. The molecule has 4 aliphatic rings. The lowest BCUT2D eigenvalue weighted by Crippen LogP contribution is -2.64. The van der Waals surface area contributed by atoms with Gasteiger partial charge in [0.2, 0.25) is 18.9 Å². The molecule has 3 saturated heterocycles. The summed E-state index contributed by atoms with van der Waals surface area (Å²) in [6.07, 6.45) is -16.8. The number of carbonyl (C=O) groups is 5. The zero-order valence-electron chi connectivity index (χ0n) is 32.9. The zero-order chi connectivity index (χ0) is 45.0. The molecule has 22 nitrogen and oxygen atoms in total. The third kappa shape index (κ3) is 9.55. The SMILES string of the molecule is C=C[C@H]1C(OC2OC(COC(C)=O)C(OC(=O)c3cccc(O)c3O[C@@H]3O[C@H](CO)[C@@H](O)[C@H](O)[C@H]3O)C(OC(C)=O)C2OC(=O)c2cccc(O)c2O)OC=C2C(=O)OCC[C@H]21. The molecule has 3 fully saturated rings. The van der Waals surface area contributed by atoms with Crippen molar-refractivity contribution >= 4 is 29.8 Å². The normalized spacial score (nSPS) is 31.7. The molecule has 2 aromatic rings. The molecule has 6 unspecified atom stereocenters. The van der Waals surface area contributed by atoms with Crippen LogP contribution in [0.15, 0.2) is 60.9 Å². The average molecular weight is 877 g/mol. The van der Waals surface area contributed by atoms with Gasteiger partial charge in [-0.1, -0.05) is 18.2 Å². The number of cyclic esters (lactones) is 1. The zero-order valence-corrected chi connectivity index (χ0v) is 32.9. The summed E-state index contributed by atoms with van der Waals surface area (Å²) < 4.78 is 56.8. The Bertz CT molecular complexity index is 2050. The molecule has 336 valence electrons. The minimum absolute atomic E-state index is 0.0615. The van der Waals surface area contributed by atoms with Crippen LogP contribution in [0.2, 0.25) is 0 Å². The topological polar surface area (TPSA) is 319 Å². The second-order valence-electron chi connectivity index (χ2n) is 14.4. The lowest BCUT2D eigenvalue weighted by molar-refractivity contribution is -0.338. The third-order valence-corrected chi connectivity index (χ3v) is 10.3. The number of aliphatic hydroxyl groups excluding tert-OH is 4. The Morgan fingerprint density at radius 1 is 0.790 bits per heavy atom. The Morgan fingerprint density at radius 2 is 1.45 bits per heavy atom. The van der Waals surface area contributed by atoms with Gasteiger partial charge >= 0.3 is 29.8 Å². The molecule has 7 N–H and O–H groups in total. The average Bonchev–Trinajstić information content (AvgIpc) is 3.23. The van der Waals surface area contributed by atoms with E-state index in [2.05, 4.69) is 6.58 Å². The number of phenols is 3. The van der Waals surface area contributed by atoms with Crippen LogP contribution < -0.4 is 4.74 Å². The van der Waals surface area contributed by atoms with Crippen molar-refractivity contribution < 1.29 is 107 Å². The van der Waals surface area contributed by atoms with E-state index in [1.54, 1.807) is 0 Å². The van der Waals surface area contributed by atoms with E-state index in [1.807, 2.05) is 0 Å². The first-order valence-corrected chi connectivity index (χ1v) is 19.0.